The lowest BCUT2D eigenvalue weighted by Crippen LogP contribution is -2.36. The van der Waals surface area contributed by atoms with Crippen LogP contribution in [0.2, 0.25) is 0 Å². The smallest absolute Gasteiger partial charge is 0.220 e. The summed E-state index contributed by atoms with van der Waals surface area (Å²) in [5, 5.41) is 0. The lowest BCUT2D eigenvalue weighted by atomic mass is 9.82. The summed E-state index contributed by atoms with van der Waals surface area (Å²) in [5.74, 6) is 0. The van der Waals surface area contributed by atoms with Crippen LogP contribution in [0.5, 0.6) is 0 Å². The molecule has 0 aliphatic carbocycles. The zero-order valence-corrected chi connectivity index (χ0v) is 12.6. The predicted molar refractivity (Wildman–Crippen MR) is 83.9 cm³/mol. The van der Waals surface area contributed by atoms with Gasteiger partial charge >= 0.3 is 7.57 Å². The first kappa shape index (κ1) is 13.8. The average Bonchev–Trinajstić information content (AvgIpc) is 2.71. The molecule has 1 aliphatic rings. The van der Waals surface area contributed by atoms with E-state index in [0.717, 1.165) is 11.1 Å². The van der Waals surface area contributed by atoms with Gasteiger partial charge in [0, 0.05) is 0 Å². The predicted octanol–water partition coefficient (Wildman–Crippen LogP) is 3.93. The zero-order chi connectivity index (χ0) is 14.2. The lowest BCUT2D eigenvalue weighted by Gasteiger charge is -2.29. The molecule has 2 nitrogen and oxygen atoms in total. The fourth-order valence-corrected chi connectivity index (χ4v) is 4.63. The molecule has 1 heterocycles. The summed E-state index contributed by atoms with van der Waals surface area (Å²) in [6, 6.07) is 20.3. The molecule has 1 fully saturated rings. The van der Waals surface area contributed by atoms with Crippen LogP contribution in [-0.2, 0) is 14.6 Å². The van der Waals surface area contributed by atoms with E-state index in [1.807, 2.05) is 50.0 Å². The highest BCUT2D eigenvalue weighted by molar-refractivity contribution is 7.89. The Labute approximate surface area is 122 Å². The maximum Gasteiger partial charge on any atom is 0.443 e. The van der Waals surface area contributed by atoms with E-state index < -0.39 is 13.2 Å². The molecule has 0 aromatic heterocycles. The molecular weight excluding hydrogens is 266 g/mol. The van der Waals surface area contributed by atoms with Crippen LogP contribution in [0.4, 0.5) is 0 Å². The van der Waals surface area contributed by atoms with E-state index in [0.29, 0.717) is 0 Å². The summed E-state index contributed by atoms with van der Waals surface area (Å²) in [5.41, 5.74) is 1.53. The Morgan fingerprint density at radius 2 is 1.40 bits per heavy atom. The van der Waals surface area contributed by atoms with Crippen LogP contribution in [0.1, 0.15) is 18.1 Å². The van der Waals surface area contributed by atoms with Crippen molar-refractivity contribution in [1.29, 1.82) is 0 Å². The van der Waals surface area contributed by atoms with Gasteiger partial charge in [-0.15, -0.1) is 0 Å². The van der Waals surface area contributed by atoms with Crippen molar-refractivity contribution in [3.05, 3.63) is 71.8 Å². The van der Waals surface area contributed by atoms with Gasteiger partial charge in [-0.1, -0.05) is 60.7 Å². The largest absolute Gasteiger partial charge is 0.443 e. The van der Waals surface area contributed by atoms with Gasteiger partial charge in [-0.25, -0.2) is 9.05 Å². The Kier molecular flexibility index (Phi) is 3.45. The number of hydrogen-bond acceptors (Lipinski definition) is 2. The van der Waals surface area contributed by atoms with Gasteiger partial charge in [0.25, 0.3) is 0 Å². The summed E-state index contributed by atoms with van der Waals surface area (Å²) < 4.78 is 12.2. The van der Waals surface area contributed by atoms with E-state index in [1.165, 1.54) is 0 Å². The Balaban J connectivity index is 2.20. The van der Waals surface area contributed by atoms with Crippen molar-refractivity contribution in [2.75, 3.05) is 6.66 Å². The Bertz CT molecular complexity index is 546. The molecule has 3 rings (SSSR count). The van der Waals surface area contributed by atoms with Gasteiger partial charge in [0.05, 0.1) is 6.66 Å². The minimum atomic E-state index is -2.30. The fourth-order valence-electron chi connectivity index (χ4n) is 2.88. The topological polar surface area (TPSA) is 18.5 Å². The molecule has 20 heavy (non-hydrogen) atoms. The number of benzene rings is 2. The van der Waals surface area contributed by atoms with E-state index in [1.54, 1.807) is 0 Å². The Hall–Kier alpha value is -1.15. The maximum absolute atomic E-state index is 6.29. The monoisotopic (exact) mass is 283 g/mol. The minimum absolute atomic E-state index is 0.129. The second kappa shape index (κ2) is 5.00. The second-order valence-electron chi connectivity index (χ2n) is 5.22. The number of rotatable bonds is 2. The van der Waals surface area contributed by atoms with Crippen LogP contribution in [0.15, 0.2) is 60.7 Å². The van der Waals surface area contributed by atoms with Gasteiger partial charge in [0.2, 0.25) is 7.59 Å². The van der Waals surface area contributed by atoms with Crippen molar-refractivity contribution in [1.82, 2.24) is 0 Å². The molecule has 2 aromatic rings. The third kappa shape index (κ3) is 2.20. The van der Waals surface area contributed by atoms with Gasteiger partial charge in [0.15, 0.2) is 5.60 Å². The summed E-state index contributed by atoms with van der Waals surface area (Å²) in [6.07, 6.45) is -0.129. The second-order valence-corrected chi connectivity index (χ2v) is 7.43. The highest BCUT2D eigenvalue weighted by Gasteiger charge is 2.59. The van der Waals surface area contributed by atoms with E-state index >= 15 is 0 Å². The Morgan fingerprint density at radius 3 is 1.75 bits per heavy atom. The quantitative estimate of drug-likeness (QED) is 0.614. The molecule has 2 radical (unpaired) electrons. The van der Waals surface area contributed by atoms with E-state index in [2.05, 4.69) is 24.3 Å². The van der Waals surface area contributed by atoms with E-state index in [9.17, 15) is 0 Å². The van der Waals surface area contributed by atoms with Gasteiger partial charge in [-0.2, -0.15) is 0 Å². The third-order valence-corrected chi connectivity index (χ3v) is 5.06. The molecule has 0 N–H and O–H groups in total. The third-order valence-electron chi connectivity index (χ3n) is 3.67. The molecule has 100 valence electrons. The average molecular weight is 283 g/mol. The molecule has 2 aromatic carbocycles. The highest BCUT2D eigenvalue weighted by Crippen LogP contribution is 2.67. The van der Waals surface area contributed by atoms with E-state index in [-0.39, 0.29) is 6.10 Å². The number of hydrogen-bond donors (Lipinski definition) is 0. The molecule has 2 atom stereocenters. The zero-order valence-electron chi connectivity index (χ0n) is 11.7. The van der Waals surface area contributed by atoms with Crippen LogP contribution < -0.4 is 0 Å². The molecule has 0 amide bonds. The summed E-state index contributed by atoms with van der Waals surface area (Å²) in [4.78, 5) is 0. The fraction of sp³-hybridized carbons (Fsp3) is 0.250. The molecular formula is C16H17BO2P+. The van der Waals surface area contributed by atoms with Crippen molar-refractivity contribution in [3.63, 3.8) is 0 Å². The molecule has 0 bridgehead atoms. The standard InChI is InChI=1S/C16H17BO2P/c1-13-16(19-20(2,17)18-13,14-9-5-3-6-10-14)15-11-7-4-8-12-15/h3-13H,1-2H3/q+1. The minimum Gasteiger partial charge on any atom is -0.220 e. The van der Waals surface area contributed by atoms with Crippen molar-refractivity contribution in [2.24, 2.45) is 0 Å². The molecule has 1 saturated heterocycles. The summed E-state index contributed by atoms with van der Waals surface area (Å²) >= 11 is 0. The lowest BCUT2D eigenvalue weighted by molar-refractivity contribution is 0.0857. The van der Waals surface area contributed by atoms with E-state index in [4.69, 9.17) is 16.6 Å². The summed E-state index contributed by atoms with van der Waals surface area (Å²) in [7, 11) is 3.88. The van der Waals surface area contributed by atoms with Crippen molar-refractivity contribution < 1.29 is 9.05 Å². The molecule has 2 unspecified atom stereocenters. The van der Waals surface area contributed by atoms with Gasteiger partial charge in [0.1, 0.15) is 6.10 Å². The van der Waals surface area contributed by atoms with Crippen LogP contribution in [0, 0.1) is 0 Å². The maximum atomic E-state index is 6.29. The van der Waals surface area contributed by atoms with Crippen molar-refractivity contribution in [2.45, 2.75) is 18.6 Å². The first-order valence-electron chi connectivity index (χ1n) is 6.70. The van der Waals surface area contributed by atoms with Gasteiger partial charge in [-0.3, -0.25) is 0 Å². The first-order valence-corrected chi connectivity index (χ1v) is 8.84. The molecule has 1 aliphatic heterocycles. The SMILES string of the molecule is [B][P+]1(C)OC(C)C(c2ccccc2)(c2ccccc2)O1. The van der Waals surface area contributed by atoms with Crippen LogP contribution in [0.25, 0.3) is 0 Å². The molecule has 0 saturated carbocycles. The first-order chi connectivity index (χ1) is 9.55. The van der Waals surface area contributed by atoms with Crippen molar-refractivity contribution >= 4 is 15.2 Å². The van der Waals surface area contributed by atoms with Gasteiger partial charge < -0.3 is 0 Å². The highest BCUT2D eigenvalue weighted by atomic mass is 31.2. The van der Waals surface area contributed by atoms with Crippen molar-refractivity contribution in [3.8, 4) is 0 Å². The molecule has 0 spiro atoms. The van der Waals surface area contributed by atoms with Crippen LogP contribution in [0.3, 0.4) is 0 Å². The Morgan fingerprint density at radius 1 is 0.950 bits per heavy atom. The normalized spacial score (nSPS) is 28.4. The van der Waals surface area contributed by atoms with Crippen LogP contribution >= 0.6 is 7.59 Å². The summed E-state index contributed by atoms with van der Waals surface area (Å²) in [6.45, 7) is 3.88. The molecule has 4 heteroatoms. The van der Waals surface area contributed by atoms with Gasteiger partial charge in [-0.05, 0) is 18.1 Å². The van der Waals surface area contributed by atoms with Crippen LogP contribution in [-0.4, -0.2) is 20.3 Å².